The third-order valence-electron chi connectivity index (χ3n) is 8.11. The average Bonchev–Trinajstić information content (AvgIpc) is 3.34. The number of nitrogens with one attached hydrogen (secondary N) is 1. The summed E-state index contributed by atoms with van der Waals surface area (Å²) in [6.07, 6.45) is 13.5. The van der Waals surface area contributed by atoms with Gasteiger partial charge in [-0.3, -0.25) is 9.69 Å². The molecule has 5 aliphatic rings. The second-order valence-corrected chi connectivity index (χ2v) is 10.1. The lowest BCUT2D eigenvalue weighted by Crippen LogP contribution is -2.42. The molecule has 1 saturated carbocycles. The molecule has 0 radical (unpaired) electrons. The second-order valence-electron chi connectivity index (χ2n) is 10.1. The normalized spacial score (nSPS) is 28.1. The summed E-state index contributed by atoms with van der Waals surface area (Å²) >= 11 is 0. The van der Waals surface area contributed by atoms with E-state index in [1.54, 1.807) is 0 Å². The number of carbonyl (C=O) groups excluding carboxylic acids is 1. The van der Waals surface area contributed by atoms with Crippen molar-refractivity contribution in [1.29, 1.82) is 0 Å². The summed E-state index contributed by atoms with van der Waals surface area (Å²) in [5.41, 5.74) is 2.72. The van der Waals surface area contributed by atoms with Gasteiger partial charge >= 0.3 is 0 Å². The molecule has 0 bridgehead atoms. The molecule has 2 saturated heterocycles. The van der Waals surface area contributed by atoms with Gasteiger partial charge in [0, 0.05) is 36.8 Å². The first-order chi connectivity index (χ1) is 15.8. The Morgan fingerprint density at radius 2 is 1.84 bits per heavy atom. The largest absolute Gasteiger partial charge is 0.464 e. The van der Waals surface area contributed by atoms with Gasteiger partial charge in [-0.15, -0.1) is 0 Å². The van der Waals surface area contributed by atoms with Crippen LogP contribution in [0.15, 0.2) is 34.9 Å². The fraction of sp³-hybridized carbons (Fsp3) is 0.667. The Morgan fingerprint density at radius 3 is 2.69 bits per heavy atom. The zero-order valence-corrected chi connectivity index (χ0v) is 19.3. The molecule has 2 aliphatic carbocycles. The maximum atomic E-state index is 12.5. The minimum absolute atomic E-state index is 0.164. The summed E-state index contributed by atoms with van der Waals surface area (Å²) < 4.78 is 11.1. The predicted molar refractivity (Wildman–Crippen MR) is 126 cm³/mol. The molecule has 0 aromatic heterocycles. The minimum Gasteiger partial charge on any atom is -0.464 e. The van der Waals surface area contributed by atoms with Crippen LogP contribution in [0.2, 0.25) is 0 Å². The lowest BCUT2D eigenvalue weighted by atomic mass is 9.83. The zero-order chi connectivity index (χ0) is 21.8. The number of hydrogen-bond donors (Lipinski definition) is 1. The first-order valence-electron chi connectivity index (χ1n) is 12.9. The van der Waals surface area contributed by atoms with Crippen LogP contribution < -0.4 is 5.32 Å². The summed E-state index contributed by atoms with van der Waals surface area (Å²) in [5, 5.41) is 3.34. The number of likely N-dealkylation sites (tertiary alicyclic amines) is 1. The molecule has 1 amide bonds. The van der Waals surface area contributed by atoms with Crippen LogP contribution >= 0.6 is 0 Å². The van der Waals surface area contributed by atoms with Gasteiger partial charge in [0.05, 0.1) is 6.26 Å². The number of amides is 1. The Morgan fingerprint density at radius 1 is 1.00 bits per heavy atom. The highest BCUT2D eigenvalue weighted by Gasteiger charge is 2.30. The average molecular weight is 439 g/mol. The monoisotopic (exact) mass is 438 g/mol. The highest BCUT2D eigenvalue weighted by Crippen LogP contribution is 2.39. The first-order valence-corrected chi connectivity index (χ1v) is 12.9. The van der Waals surface area contributed by atoms with Crippen LogP contribution in [0.25, 0.3) is 11.3 Å². The molecule has 1 unspecified atom stereocenters. The summed E-state index contributed by atoms with van der Waals surface area (Å²) in [7, 11) is 0. The number of rotatable bonds is 6. The van der Waals surface area contributed by atoms with Crippen molar-refractivity contribution in [3.63, 3.8) is 0 Å². The van der Waals surface area contributed by atoms with Crippen molar-refractivity contribution >= 4 is 5.91 Å². The maximum absolute atomic E-state index is 12.5. The van der Waals surface area contributed by atoms with Crippen LogP contribution in [0.4, 0.5) is 0 Å². The summed E-state index contributed by atoms with van der Waals surface area (Å²) in [6, 6.07) is 9.47. The van der Waals surface area contributed by atoms with Crippen molar-refractivity contribution in [3.8, 4) is 11.3 Å². The van der Waals surface area contributed by atoms with Gasteiger partial charge in [0.25, 0.3) is 0 Å². The van der Waals surface area contributed by atoms with Gasteiger partial charge in [-0.2, -0.15) is 0 Å². The van der Waals surface area contributed by atoms with Crippen LogP contribution in [0, 0.1) is 11.8 Å². The summed E-state index contributed by atoms with van der Waals surface area (Å²) in [4.78, 5) is 15.3. The molecular weight excluding hydrogens is 400 g/mol. The smallest absolute Gasteiger partial charge is 0.223 e. The Kier molecular flexibility index (Phi) is 7.13. The lowest BCUT2D eigenvalue weighted by molar-refractivity contribution is -0.128. The van der Waals surface area contributed by atoms with Crippen LogP contribution in [0.5, 0.6) is 0 Å². The van der Waals surface area contributed by atoms with E-state index in [2.05, 4.69) is 34.5 Å². The van der Waals surface area contributed by atoms with E-state index < -0.39 is 0 Å². The lowest BCUT2D eigenvalue weighted by Gasteiger charge is -2.38. The topological polar surface area (TPSA) is 54.7 Å². The summed E-state index contributed by atoms with van der Waals surface area (Å²) in [6.45, 7) is 3.85. The van der Waals surface area contributed by atoms with Crippen molar-refractivity contribution in [3.05, 3.63) is 36.1 Å². The van der Waals surface area contributed by atoms with Gasteiger partial charge in [-0.25, -0.2) is 0 Å². The van der Waals surface area contributed by atoms with Gasteiger partial charge in [0.15, 0.2) is 0 Å². The number of carbonyl (C=O) groups is 1. The number of ether oxygens (including phenoxy) is 1. The number of hydrogen-bond acceptors (Lipinski definition) is 4. The van der Waals surface area contributed by atoms with E-state index in [0.29, 0.717) is 12.1 Å². The molecule has 0 aromatic carbocycles. The van der Waals surface area contributed by atoms with Crippen LogP contribution in [0.1, 0.15) is 75.8 Å². The second kappa shape index (κ2) is 10.4. The standard InChI is InChI=1S/C27H38N2O3/c30-27(21-12-17-31-18-13-21)28-22-9-7-20(8-10-22)11-16-29-15-2-1-5-25(29)23-14-19-32-26-6-3-4-24(23)26/h3-4,6,14,19-22,25H,1-2,5,7-13,15-18H2,(H,28,30). The van der Waals surface area contributed by atoms with Crippen LogP contribution in [-0.4, -0.2) is 43.2 Å². The third kappa shape index (κ3) is 5.04. The molecule has 0 aromatic rings. The quantitative estimate of drug-likeness (QED) is 0.656. The molecule has 5 heteroatoms. The van der Waals surface area contributed by atoms with Gasteiger partial charge in [-0.1, -0.05) is 18.6 Å². The molecule has 0 spiro atoms. The van der Waals surface area contributed by atoms with Crippen LogP contribution in [-0.2, 0) is 9.53 Å². The van der Waals surface area contributed by atoms with E-state index in [0.717, 1.165) is 50.6 Å². The highest BCUT2D eigenvalue weighted by atomic mass is 16.5. The SMILES string of the molecule is O=C(NC1CCC(CCN2CCCCC2c2ccoc3cccc2-3)CC1)C1CCOCC1. The molecule has 174 valence electrons. The van der Waals surface area contributed by atoms with Crippen molar-refractivity contribution < 1.29 is 13.9 Å². The van der Waals surface area contributed by atoms with E-state index in [9.17, 15) is 4.79 Å². The molecule has 1 atom stereocenters. The Balaban J connectivity index is 1.11. The van der Waals surface area contributed by atoms with E-state index in [1.165, 1.54) is 62.7 Å². The number of piperidine rings is 1. The molecular formula is C27H38N2O3. The molecule has 3 fully saturated rings. The Hall–Kier alpha value is -1.85. The molecule has 5 rings (SSSR count). The fourth-order valence-electron chi connectivity index (χ4n) is 6.14. The van der Waals surface area contributed by atoms with Crippen LogP contribution in [0.3, 0.4) is 0 Å². The predicted octanol–water partition coefficient (Wildman–Crippen LogP) is 5.40. The first kappa shape index (κ1) is 22.0. The Labute approximate surface area is 192 Å². The van der Waals surface area contributed by atoms with E-state index in [4.69, 9.17) is 9.15 Å². The van der Waals surface area contributed by atoms with Gasteiger partial charge in [0.1, 0.15) is 5.76 Å². The van der Waals surface area contributed by atoms with E-state index in [-0.39, 0.29) is 11.8 Å². The minimum atomic E-state index is 0.164. The van der Waals surface area contributed by atoms with Crippen molar-refractivity contribution in [2.24, 2.45) is 11.8 Å². The van der Waals surface area contributed by atoms with Gasteiger partial charge < -0.3 is 14.5 Å². The molecule has 1 N–H and O–H groups in total. The molecule has 3 aliphatic heterocycles. The number of fused-ring (bicyclic) bond motifs is 1. The van der Waals surface area contributed by atoms with Gasteiger partial charge in [-0.05, 0) is 94.5 Å². The van der Waals surface area contributed by atoms with Crippen molar-refractivity contribution in [2.75, 3.05) is 26.3 Å². The molecule has 5 nitrogen and oxygen atoms in total. The Bertz CT molecular complexity index is 835. The van der Waals surface area contributed by atoms with E-state index in [1.807, 2.05) is 6.26 Å². The fourth-order valence-corrected chi connectivity index (χ4v) is 6.14. The number of nitrogens with zero attached hydrogens (tertiary/aromatic N) is 1. The summed E-state index contributed by atoms with van der Waals surface area (Å²) in [5.74, 6) is 2.23. The molecule has 3 heterocycles. The van der Waals surface area contributed by atoms with Crippen molar-refractivity contribution in [2.45, 2.75) is 76.3 Å². The van der Waals surface area contributed by atoms with Gasteiger partial charge in [0.2, 0.25) is 5.91 Å². The van der Waals surface area contributed by atoms with E-state index >= 15 is 0 Å². The highest BCUT2D eigenvalue weighted by molar-refractivity contribution is 5.79. The molecule has 32 heavy (non-hydrogen) atoms. The zero-order valence-electron chi connectivity index (χ0n) is 19.3. The maximum Gasteiger partial charge on any atom is 0.223 e. The van der Waals surface area contributed by atoms with Crippen molar-refractivity contribution in [1.82, 2.24) is 10.2 Å². The third-order valence-corrected chi connectivity index (χ3v) is 8.11.